The van der Waals surface area contributed by atoms with Gasteiger partial charge in [-0.1, -0.05) is 5.16 Å². The van der Waals surface area contributed by atoms with Crippen molar-refractivity contribution in [3.8, 4) is 0 Å². The molecule has 0 radical (unpaired) electrons. The zero-order valence-electron chi connectivity index (χ0n) is 12.0. The van der Waals surface area contributed by atoms with Gasteiger partial charge in [0.15, 0.2) is 0 Å². The summed E-state index contributed by atoms with van der Waals surface area (Å²) >= 11 is 1.57. The van der Waals surface area contributed by atoms with Gasteiger partial charge in [-0.25, -0.2) is 0 Å². The largest absolute Gasteiger partial charge is 0.393 e. The number of rotatable bonds is 6. The predicted molar refractivity (Wildman–Crippen MR) is 78.5 cm³/mol. The molecule has 0 aromatic carbocycles. The first-order chi connectivity index (χ1) is 9.56. The Kier molecular flexibility index (Phi) is 5.48. The minimum Gasteiger partial charge on any atom is -0.393 e. The van der Waals surface area contributed by atoms with E-state index < -0.39 is 0 Å². The number of nitrogens with one attached hydrogen (secondary N) is 1. The fraction of sp³-hybridized carbons (Fsp3) is 0.714. The van der Waals surface area contributed by atoms with Gasteiger partial charge in [0.05, 0.1) is 17.6 Å². The van der Waals surface area contributed by atoms with Gasteiger partial charge in [-0.3, -0.25) is 4.79 Å². The smallest absolute Gasteiger partial charge is 0.230 e. The Morgan fingerprint density at radius 3 is 2.90 bits per heavy atom. The van der Waals surface area contributed by atoms with E-state index in [1.807, 2.05) is 13.8 Å². The Bertz CT molecular complexity index is 442. The average molecular weight is 298 g/mol. The van der Waals surface area contributed by atoms with Crippen molar-refractivity contribution >= 4 is 17.7 Å². The Morgan fingerprint density at radius 2 is 2.30 bits per heavy atom. The normalized spacial score (nSPS) is 22.1. The molecular weight excluding hydrogens is 276 g/mol. The molecular formula is C14H22N2O3S. The van der Waals surface area contributed by atoms with Gasteiger partial charge in [0.25, 0.3) is 0 Å². The highest BCUT2D eigenvalue weighted by molar-refractivity contribution is 7.99. The fourth-order valence-corrected chi connectivity index (χ4v) is 3.50. The van der Waals surface area contributed by atoms with Crippen molar-refractivity contribution in [1.29, 1.82) is 0 Å². The molecule has 1 heterocycles. The summed E-state index contributed by atoms with van der Waals surface area (Å²) in [5.74, 6) is 2.51. The van der Waals surface area contributed by atoms with E-state index in [-0.39, 0.29) is 12.0 Å². The number of hydrogen-bond donors (Lipinski definition) is 2. The van der Waals surface area contributed by atoms with Crippen LogP contribution in [-0.4, -0.2) is 34.6 Å². The summed E-state index contributed by atoms with van der Waals surface area (Å²) in [6.07, 6.45) is 2.51. The minimum absolute atomic E-state index is 0.0585. The van der Waals surface area contributed by atoms with E-state index in [1.54, 1.807) is 11.8 Å². The van der Waals surface area contributed by atoms with Crippen molar-refractivity contribution in [3.05, 3.63) is 17.0 Å². The van der Waals surface area contributed by atoms with Crippen LogP contribution in [0.4, 0.5) is 0 Å². The Hall–Kier alpha value is -1.01. The molecule has 2 N–H and O–H groups in total. The third kappa shape index (κ3) is 4.24. The number of carbonyl (C=O) groups excluding carboxylic acids is 1. The first-order valence-electron chi connectivity index (χ1n) is 7.00. The second-order valence-corrected chi connectivity index (χ2v) is 6.42. The zero-order chi connectivity index (χ0) is 14.5. The van der Waals surface area contributed by atoms with Crippen molar-refractivity contribution in [2.24, 2.45) is 5.92 Å². The molecule has 1 fully saturated rings. The molecule has 6 heteroatoms. The number of carbonyl (C=O) groups is 1. The molecule has 1 aromatic heterocycles. The van der Waals surface area contributed by atoms with Crippen molar-refractivity contribution < 1.29 is 14.4 Å². The molecule has 0 saturated heterocycles. The van der Waals surface area contributed by atoms with Gasteiger partial charge < -0.3 is 14.9 Å². The summed E-state index contributed by atoms with van der Waals surface area (Å²) in [6, 6.07) is 0. The molecule has 5 nitrogen and oxygen atoms in total. The van der Waals surface area contributed by atoms with Crippen molar-refractivity contribution in [2.45, 2.75) is 45.0 Å². The lowest BCUT2D eigenvalue weighted by molar-refractivity contribution is -0.118. The fourth-order valence-electron chi connectivity index (χ4n) is 2.50. The summed E-state index contributed by atoms with van der Waals surface area (Å²) in [4.78, 5) is 11.7. The maximum Gasteiger partial charge on any atom is 0.230 e. The molecule has 2 rings (SSSR count). The average Bonchev–Trinajstić information content (AvgIpc) is 2.96. The van der Waals surface area contributed by atoms with Crippen LogP contribution < -0.4 is 5.32 Å². The Morgan fingerprint density at radius 1 is 1.50 bits per heavy atom. The molecule has 0 bridgehead atoms. The molecule has 0 spiro atoms. The SMILES string of the molecule is Cc1noc(C)c1CSCC(=O)NCC1CCC(O)C1. The van der Waals surface area contributed by atoms with E-state index in [9.17, 15) is 9.90 Å². The van der Waals surface area contributed by atoms with Crippen LogP contribution in [0.2, 0.25) is 0 Å². The molecule has 2 unspecified atom stereocenters. The van der Waals surface area contributed by atoms with E-state index in [0.717, 1.165) is 42.0 Å². The number of aryl methyl sites for hydroxylation is 2. The second-order valence-electron chi connectivity index (χ2n) is 5.43. The predicted octanol–water partition coefficient (Wildman–Crippen LogP) is 1.80. The number of amides is 1. The standard InChI is InChI=1S/C14H22N2O3S/c1-9-13(10(2)19-16-9)7-20-8-14(18)15-6-11-3-4-12(17)5-11/h11-12,17H,3-8H2,1-2H3,(H,15,18). The van der Waals surface area contributed by atoms with Gasteiger partial charge in [0.2, 0.25) is 5.91 Å². The molecule has 1 aromatic rings. The van der Waals surface area contributed by atoms with Crippen LogP contribution in [0.3, 0.4) is 0 Å². The summed E-state index contributed by atoms with van der Waals surface area (Å²) in [7, 11) is 0. The number of aliphatic hydroxyl groups excluding tert-OH is 1. The highest BCUT2D eigenvalue weighted by Crippen LogP contribution is 2.24. The van der Waals surface area contributed by atoms with Crippen LogP contribution in [0.15, 0.2) is 4.52 Å². The molecule has 112 valence electrons. The second kappa shape index (κ2) is 7.13. The highest BCUT2D eigenvalue weighted by atomic mass is 32.2. The number of hydrogen-bond acceptors (Lipinski definition) is 5. The van der Waals surface area contributed by atoms with Crippen LogP contribution in [0.1, 0.15) is 36.3 Å². The van der Waals surface area contributed by atoms with Crippen molar-refractivity contribution in [2.75, 3.05) is 12.3 Å². The zero-order valence-corrected chi connectivity index (χ0v) is 12.8. The summed E-state index contributed by atoms with van der Waals surface area (Å²) in [6.45, 7) is 4.49. The summed E-state index contributed by atoms with van der Waals surface area (Å²) < 4.78 is 5.09. The van der Waals surface area contributed by atoms with E-state index in [0.29, 0.717) is 18.2 Å². The minimum atomic E-state index is -0.175. The van der Waals surface area contributed by atoms with E-state index >= 15 is 0 Å². The van der Waals surface area contributed by atoms with Crippen molar-refractivity contribution in [1.82, 2.24) is 10.5 Å². The molecule has 2 atom stereocenters. The molecule has 1 amide bonds. The van der Waals surface area contributed by atoms with E-state index in [1.165, 1.54) is 0 Å². The van der Waals surface area contributed by atoms with Gasteiger partial charge in [-0.2, -0.15) is 0 Å². The quantitative estimate of drug-likeness (QED) is 0.837. The van der Waals surface area contributed by atoms with Gasteiger partial charge in [0, 0.05) is 17.9 Å². The maximum atomic E-state index is 11.7. The Balaban J connectivity index is 1.63. The van der Waals surface area contributed by atoms with Gasteiger partial charge in [-0.05, 0) is 39.0 Å². The van der Waals surface area contributed by atoms with E-state index in [4.69, 9.17) is 4.52 Å². The molecule has 20 heavy (non-hydrogen) atoms. The third-order valence-electron chi connectivity index (χ3n) is 3.76. The lowest BCUT2D eigenvalue weighted by atomic mass is 10.1. The number of thioether (sulfide) groups is 1. The molecule has 1 saturated carbocycles. The number of aliphatic hydroxyl groups is 1. The van der Waals surface area contributed by atoms with E-state index in [2.05, 4.69) is 10.5 Å². The van der Waals surface area contributed by atoms with Crippen LogP contribution in [0.5, 0.6) is 0 Å². The summed E-state index contributed by atoms with van der Waals surface area (Å²) in [5.41, 5.74) is 1.98. The lowest BCUT2D eigenvalue weighted by Crippen LogP contribution is -2.30. The topological polar surface area (TPSA) is 75.4 Å². The first-order valence-corrected chi connectivity index (χ1v) is 8.16. The number of nitrogens with zero attached hydrogens (tertiary/aromatic N) is 1. The molecule has 1 aliphatic carbocycles. The Labute approximate surface area is 123 Å². The van der Waals surface area contributed by atoms with Crippen LogP contribution >= 0.6 is 11.8 Å². The third-order valence-corrected chi connectivity index (χ3v) is 4.72. The van der Waals surface area contributed by atoms with Crippen molar-refractivity contribution in [3.63, 3.8) is 0 Å². The van der Waals surface area contributed by atoms with Crippen LogP contribution in [0.25, 0.3) is 0 Å². The monoisotopic (exact) mass is 298 g/mol. The molecule has 1 aliphatic rings. The maximum absolute atomic E-state index is 11.7. The number of aromatic nitrogens is 1. The summed E-state index contributed by atoms with van der Waals surface area (Å²) in [5, 5.41) is 16.3. The van der Waals surface area contributed by atoms with Gasteiger partial charge in [-0.15, -0.1) is 11.8 Å². The van der Waals surface area contributed by atoms with Crippen LogP contribution in [0, 0.1) is 19.8 Å². The lowest BCUT2D eigenvalue weighted by Gasteiger charge is -2.10. The first kappa shape index (κ1) is 15.4. The van der Waals surface area contributed by atoms with Gasteiger partial charge >= 0.3 is 0 Å². The van der Waals surface area contributed by atoms with Crippen LogP contribution in [-0.2, 0) is 10.5 Å². The van der Waals surface area contributed by atoms with Gasteiger partial charge in [0.1, 0.15) is 5.76 Å². The molecule has 0 aliphatic heterocycles. The highest BCUT2D eigenvalue weighted by Gasteiger charge is 2.22.